The van der Waals surface area contributed by atoms with Gasteiger partial charge in [0.15, 0.2) is 5.69 Å². The number of ether oxygens (including phenoxy) is 1. The summed E-state index contributed by atoms with van der Waals surface area (Å²) in [5, 5.41) is 7.10. The van der Waals surface area contributed by atoms with E-state index in [1.165, 1.54) is 11.8 Å². The quantitative estimate of drug-likeness (QED) is 0.561. The number of thiophene rings is 1. The Balaban J connectivity index is 1.49. The van der Waals surface area contributed by atoms with Crippen molar-refractivity contribution in [1.82, 2.24) is 19.0 Å². The number of carbonyl (C=O) groups is 2. The Kier molecular flexibility index (Phi) is 7.26. The van der Waals surface area contributed by atoms with Crippen molar-refractivity contribution in [1.29, 1.82) is 0 Å². The minimum absolute atomic E-state index is 0.114. The Hall–Kier alpha value is -2.78. The number of aromatic nitrogens is 2. The maximum atomic E-state index is 13.2. The molecule has 1 atom stereocenters. The summed E-state index contributed by atoms with van der Waals surface area (Å²) in [7, 11) is 0. The molecule has 4 rings (SSSR count). The van der Waals surface area contributed by atoms with Crippen LogP contribution in [0, 0.1) is 0 Å². The maximum absolute atomic E-state index is 13.2. The van der Waals surface area contributed by atoms with Crippen molar-refractivity contribution in [3.05, 3.63) is 64.1 Å². The van der Waals surface area contributed by atoms with Gasteiger partial charge in [-0.15, -0.1) is 0 Å². The second-order valence-corrected chi connectivity index (χ2v) is 8.74. The van der Waals surface area contributed by atoms with E-state index in [1.807, 2.05) is 24.3 Å². The third-order valence-corrected chi connectivity index (χ3v) is 6.42. The molecule has 7 nitrogen and oxygen atoms in total. The minimum atomic E-state index is -0.528. The lowest BCUT2D eigenvalue weighted by molar-refractivity contribution is -0.125. The van der Waals surface area contributed by atoms with E-state index in [0.717, 1.165) is 42.3 Å². The number of carbonyl (C=O) groups excluding carboxylic acids is 2. The molecular formula is C22H24N4O3S2. The Labute approximate surface area is 189 Å². The molecule has 0 spiro atoms. The highest BCUT2D eigenvalue weighted by atomic mass is 32.1. The zero-order valence-electron chi connectivity index (χ0n) is 17.0. The monoisotopic (exact) mass is 456 g/mol. The number of hydrogen-bond acceptors (Lipinski definition) is 7. The molecule has 1 fully saturated rings. The van der Waals surface area contributed by atoms with Crippen LogP contribution in [0.1, 0.15) is 40.9 Å². The van der Waals surface area contributed by atoms with E-state index < -0.39 is 6.04 Å². The Bertz CT molecular complexity index is 992. The molecule has 3 aromatic rings. The molecule has 0 unspecified atom stereocenters. The fraction of sp³-hybridized carbons (Fsp3) is 0.364. The van der Waals surface area contributed by atoms with Gasteiger partial charge in [-0.1, -0.05) is 12.1 Å². The molecule has 1 N–H and O–H groups in total. The van der Waals surface area contributed by atoms with Gasteiger partial charge in [-0.25, -0.2) is 0 Å². The molecule has 2 aromatic heterocycles. The van der Waals surface area contributed by atoms with Crippen LogP contribution in [0.25, 0.3) is 0 Å². The molecular weight excluding hydrogens is 432 g/mol. The first-order valence-electron chi connectivity index (χ1n) is 10.3. The van der Waals surface area contributed by atoms with Crippen molar-refractivity contribution in [3.63, 3.8) is 0 Å². The van der Waals surface area contributed by atoms with Gasteiger partial charge < -0.3 is 15.0 Å². The molecule has 2 amide bonds. The van der Waals surface area contributed by atoms with Gasteiger partial charge in [0.25, 0.3) is 5.91 Å². The first-order chi connectivity index (χ1) is 15.2. The molecule has 3 heterocycles. The smallest absolute Gasteiger partial charge is 0.276 e. The lowest BCUT2D eigenvalue weighted by Gasteiger charge is -2.29. The van der Waals surface area contributed by atoms with Gasteiger partial charge in [0.1, 0.15) is 11.8 Å². The third-order valence-electron chi connectivity index (χ3n) is 5.21. The van der Waals surface area contributed by atoms with E-state index in [1.54, 1.807) is 16.2 Å². The first kappa shape index (κ1) is 21.5. The van der Waals surface area contributed by atoms with E-state index in [-0.39, 0.29) is 17.5 Å². The van der Waals surface area contributed by atoms with Crippen LogP contribution in [-0.4, -0.2) is 44.7 Å². The number of amides is 2. The van der Waals surface area contributed by atoms with Gasteiger partial charge in [0.05, 0.1) is 24.5 Å². The van der Waals surface area contributed by atoms with Crippen molar-refractivity contribution in [2.24, 2.45) is 0 Å². The molecule has 1 saturated heterocycles. The summed E-state index contributed by atoms with van der Waals surface area (Å²) in [6.07, 6.45) is 4.73. The van der Waals surface area contributed by atoms with Crippen molar-refractivity contribution < 1.29 is 14.3 Å². The fourth-order valence-corrected chi connectivity index (χ4v) is 4.71. The normalized spacial score (nSPS) is 16.4. The van der Waals surface area contributed by atoms with E-state index >= 15 is 0 Å². The SMILES string of the molecule is O=C1NCCCC[C@@H]1N(Cc1cccc(OCCc2ccsc2)c1)C(=O)c1cnsn1. The van der Waals surface area contributed by atoms with Crippen LogP contribution in [0.15, 0.2) is 47.3 Å². The molecule has 1 aliphatic rings. The summed E-state index contributed by atoms with van der Waals surface area (Å²) >= 11 is 2.66. The second-order valence-electron chi connectivity index (χ2n) is 7.41. The molecule has 9 heteroatoms. The lowest BCUT2D eigenvalue weighted by atomic mass is 10.1. The zero-order chi connectivity index (χ0) is 21.5. The van der Waals surface area contributed by atoms with Crippen LogP contribution in [-0.2, 0) is 17.8 Å². The Morgan fingerprint density at radius 2 is 2.19 bits per heavy atom. The lowest BCUT2D eigenvalue weighted by Crippen LogP contribution is -2.48. The number of nitrogens with zero attached hydrogens (tertiary/aromatic N) is 3. The van der Waals surface area contributed by atoms with E-state index in [4.69, 9.17) is 4.74 Å². The Morgan fingerprint density at radius 1 is 1.26 bits per heavy atom. The number of rotatable bonds is 8. The highest BCUT2D eigenvalue weighted by Gasteiger charge is 2.32. The van der Waals surface area contributed by atoms with Gasteiger partial charge in [0.2, 0.25) is 5.91 Å². The largest absolute Gasteiger partial charge is 0.493 e. The molecule has 31 heavy (non-hydrogen) atoms. The number of nitrogens with one attached hydrogen (secondary N) is 1. The van der Waals surface area contributed by atoms with Crippen LogP contribution >= 0.6 is 23.1 Å². The highest BCUT2D eigenvalue weighted by molar-refractivity contribution is 7.07. The summed E-state index contributed by atoms with van der Waals surface area (Å²) < 4.78 is 14.0. The molecule has 1 aliphatic heterocycles. The molecule has 1 aromatic carbocycles. The zero-order valence-corrected chi connectivity index (χ0v) is 18.7. The van der Waals surface area contributed by atoms with E-state index in [2.05, 4.69) is 30.9 Å². The van der Waals surface area contributed by atoms with Crippen molar-refractivity contribution in [3.8, 4) is 5.75 Å². The van der Waals surface area contributed by atoms with Crippen molar-refractivity contribution >= 4 is 34.9 Å². The van der Waals surface area contributed by atoms with Crippen LogP contribution in [0.4, 0.5) is 0 Å². The molecule has 0 aliphatic carbocycles. The summed E-state index contributed by atoms with van der Waals surface area (Å²) in [5.74, 6) is 0.359. The van der Waals surface area contributed by atoms with Crippen molar-refractivity contribution in [2.45, 2.75) is 38.3 Å². The first-order valence-corrected chi connectivity index (χ1v) is 12.0. The number of benzene rings is 1. The molecule has 162 valence electrons. The Morgan fingerprint density at radius 3 is 3.00 bits per heavy atom. The van der Waals surface area contributed by atoms with Crippen LogP contribution < -0.4 is 10.1 Å². The fourth-order valence-electron chi connectivity index (χ4n) is 3.60. The summed E-state index contributed by atoms with van der Waals surface area (Å²) in [6, 6.07) is 9.27. The summed E-state index contributed by atoms with van der Waals surface area (Å²) in [5.41, 5.74) is 2.43. The third kappa shape index (κ3) is 5.68. The molecule has 0 radical (unpaired) electrons. The van der Waals surface area contributed by atoms with Crippen molar-refractivity contribution in [2.75, 3.05) is 13.2 Å². The average Bonchev–Trinajstić information content (AvgIpc) is 3.46. The van der Waals surface area contributed by atoms with Crippen LogP contribution in [0.2, 0.25) is 0 Å². The average molecular weight is 457 g/mol. The molecule has 0 bridgehead atoms. The predicted octanol–water partition coefficient (Wildman–Crippen LogP) is 3.53. The number of hydrogen-bond donors (Lipinski definition) is 1. The van der Waals surface area contributed by atoms with E-state index in [9.17, 15) is 9.59 Å². The van der Waals surface area contributed by atoms with Gasteiger partial charge in [-0.3, -0.25) is 9.59 Å². The summed E-state index contributed by atoms with van der Waals surface area (Å²) in [6.45, 7) is 1.53. The standard InChI is InChI=1S/C22H24N4O3S2/c27-21-20(6-1-2-9-23-21)26(22(28)19-13-24-31-25-19)14-17-4-3-5-18(12-17)29-10-7-16-8-11-30-15-16/h3-5,8,11-13,15,20H,1-2,6-7,9-10,14H2,(H,23,27)/t20-/m0/s1. The topological polar surface area (TPSA) is 84.4 Å². The second kappa shape index (κ2) is 10.5. The van der Waals surface area contributed by atoms with Gasteiger partial charge in [0, 0.05) is 19.5 Å². The molecule has 0 saturated carbocycles. The van der Waals surface area contributed by atoms with Gasteiger partial charge in [-0.05, 0) is 59.3 Å². The van der Waals surface area contributed by atoms with Gasteiger partial charge in [-0.2, -0.15) is 20.1 Å². The predicted molar refractivity (Wildman–Crippen MR) is 120 cm³/mol. The van der Waals surface area contributed by atoms with Crippen LogP contribution in [0.5, 0.6) is 5.75 Å². The highest BCUT2D eigenvalue weighted by Crippen LogP contribution is 2.21. The van der Waals surface area contributed by atoms with Crippen LogP contribution in [0.3, 0.4) is 0 Å². The maximum Gasteiger partial charge on any atom is 0.276 e. The minimum Gasteiger partial charge on any atom is -0.493 e. The van der Waals surface area contributed by atoms with Gasteiger partial charge >= 0.3 is 0 Å². The van der Waals surface area contributed by atoms with E-state index in [0.29, 0.717) is 26.1 Å². The summed E-state index contributed by atoms with van der Waals surface area (Å²) in [4.78, 5) is 27.5.